The van der Waals surface area contributed by atoms with Crippen LogP contribution in [0.25, 0.3) is 0 Å². The standard InChI is InChI=1S/C7H12O4S/c1-12-5-2-6(8)7(9)10-3-4-11-7/h9H,2-5H2,1H3. The van der Waals surface area contributed by atoms with Crippen LogP contribution >= 0.6 is 11.8 Å². The van der Waals surface area contributed by atoms with Crippen molar-refractivity contribution in [3.05, 3.63) is 0 Å². The first-order valence-electron chi connectivity index (χ1n) is 3.71. The van der Waals surface area contributed by atoms with Crippen LogP contribution in [0, 0.1) is 0 Å². The maximum atomic E-state index is 11.2. The Kier molecular flexibility index (Phi) is 3.52. The van der Waals surface area contributed by atoms with Crippen molar-refractivity contribution < 1.29 is 19.4 Å². The molecule has 0 aliphatic carbocycles. The molecule has 12 heavy (non-hydrogen) atoms. The number of carbonyl (C=O) groups is 1. The van der Waals surface area contributed by atoms with E-state index >= 15 is 0 Å². The van der Waals surface area contributed by atoms with Gasteiger partial charge < -0.3 is 14.6 Å². The van der Waals surface area contributed by atoms with Crippen LogP contribution in [0.3, 0.4) is 0 Å². The number of ketones is 1. The average molecular weight is 192 g/mol. The molecular formula is C7H12O4S. The highest BCUT2D eigenvalue weighted by Crippen LogP contribution is 2.18. The average Bonchev–Trinajstić information content (AvgIpc) is 2.49. The van der Waals surface area contributed by atoms with Gasteiger partial charge >= 0.3 is 5.97 Å². The Balaban J connectivity index is 2.39. The Labute approximate surface area is 75.2 Å². The molecule has 0 aromatic heterocycles. The number of carbonyl (C=O) groups excluding carboxylic acids is 1. The highest BCUT2D eigenvalue weighted by Gasteiger charge is 2.41. The van der Waals surface area contributed by atoms with E-state index in [0.29, 0.717) is 5.75 Å². The van der Waals surface area contributed by atoms with Gasteiger partial charge in [0.15, 0.2) is 0 Å². The van der Waals surface area contributed by atoms with Crippen LogP contribution in [0.15, 0.2) is 0 Å². The van der Waals surface area contributed by atoms with Crippen LogP contribution in [-0.2, 0) is 14.3 Å². The van der Waals surface area contributed by atoms with E-state index in [-0.39, 0.29) is 19.6 Å². The van der Waals surface area contributed by atoms with E-state index in [1.165, 1.54) is 0 Å². The zero-order valence-corrected chi connectivity index (χ0v) is 7.73. The number of aliphatic hydroxyl groups is 1. The third-order valence-corrected chi connectivity index (χ3v) is 2.18. The number of hydrogen-bond donors (Lipinski definition) is 1. The molecule has 1 saturated heterocycles. The largest absolute Gasteiger partial charge is 0.344 e. The molecule has 0 aromatic rings. The van der Waals surface area contributed by atoms with Gasteiger partial charge in [-0.1, -0.05) is 0 Å². The molecule has 1 aliphatic rings. The number of rotatable bonds is 4. The Morgan fingerprint density at radius 3 is 2.67 bits per heavy atom. The quantitative estimate of drug-likeness (QED) is 0.679. The smallest absolute Gasteiger partial charge is 0.337 e. The van der Waals surface area contributed by atoms with E-state index in [2.05, 4.69) is 0 Å². The van der Waals surface area contributed by atoms with Gasteiger partial charge in [0.2, 0.25) is 5.78 Å². The zero-order chi connectivity index (χ0) is 9.03. The minimum Gasteiger partial charge on any atom is -0.337 e. The van der Waals surface area contributed by atoms with Crippen molar-refractivity contribution >= 4 is 17.5 Å². The maximum Gasteiger partial charge on any atom is 0.344 e. The van der Waals surface area contributed by atoms with Crippen LogP contribution in [0.4, 0.5) is 0 Å². The minimum atomic E-state index is -1.95. The van der Waals surface area contributed by atoms with Gasteiger partial charge in [-0.05, 0) is 6.26 Å². The number of thioether (sulfide) groups is 1. The highest BCUT2D eigenvalue weighted by molar-refractivity contribution is 7.98. The van der Waals surface area contributed by atoms with Gasteiger partial charge in [-0.3, -0.25) is 4.79 Å². The lowest BCUT2D eigenvalue weighted by molar-refractivity contribution is -0.281. The second kappa shape index (κ2) is 4.23. The molecule has 0 bridgehead atoms. The molecule has 5 heteroatoms. The van der Waals surface area contributed by atoms with E-state index in [9.17, 15) is 9.90 Å². The lowest BCUT2D eigenvalue weighted by Crippen LogP contribution is -2.39. The van der Waals surface area contributed by atoms with E-state index in [4.69, 9.17) is 9.47 Å². The van der Waals surface area contributed by atoms with Crippen molar-refractivity contribution in [3.8, 4) is 0 Å². The van der Waals surface area contributed by atoms with E-state index in [1.807, 2.05) is 6.26 Å². The molecule has 1 rings (SSSR count). The van der Waals surface area contributed by atoms with E-state index in [1.54, 1.807) is 11.8 Å². The van der Waals surface area contributed by atoms with Crippen LogP contribution in [0.1, 0.15) is 6.42 Å². The number of hydrogen-bond acceptors (Lipinski definition) is 5. The molecule has 0 spiro atoms. The second-order valence-electron chi connectivity index (χ2n) is 2.44. The fraction of sp³-hybridized carbons (Fsp3) is 0.857. The summed E-state index contributed by atoms with van der Waals surface area (Å²) >= 11 is 1.54. The first-order chi connectivity index (χ1) is 5.69. The summed E-state index contributed by atoms with van der Waals surface area (Å²) in [6, 6.07) is 0. The van der Waals surface area contributed by atoms with Crippen LogP contribution < -0.4 is 0 Å². The summed E-state index contributed by atoms with van der Waals surface area (Å²) in [6.07, 6.45) is 2.17. The molecule has 70 valence electrons. The number of Topliss-reactive ketones (excluding diaryl/α,β-unsaturated/α-hetero) is 1. The Bertz CT molecular complexity index is 165. The summed E-state index contributed by atoms with van der Waals surface area (Å²) in [4.78, 5) is 11.2. The molecule has 0 unspecified atom stereocenters. The Hall–Kier alpha value is -0.100. The molecule has 4 nitrogen and oxygen atoms in total. The predicted octanol–water partition coefficient (Wildman–Crippen LogP) is 0.00150. The van der Waals surface area contributed by atoms with Crippen molar-refractivity contribution in [3.63, 3.8) is 0 Å². The minimum absolute atomic E-state index is 0.275. The van der Waals surface area contributed by atoms with Crippen molar-refractivity contribution in [1.29, 1.82) is 0 Å². The van der Waals surface area contributed by atoms with Crippen molar-refractivity contribution in [2.24, 2.45) is 0 Å². The van der Waals surface area contributed by atoms with Gasteiger partial charge in [0, 0.05) is 12.2 Å². The van der Waals surface area contributed by atoms with Gasteiger partial charge in [0.25, 0.3) is 0 Å². The summed E-state index contributed by atoms with van der Waals surface area (Å²) in [5.74, 6) is -1.67. The van der Waals surface area contributed by atoms with Crippen molar-refractivity contribution in [1.82, 2.24) is 0 Å². The van der Waals surface area contributed by atoms with E-state index in [0.717, 1.165) is 0 Å². The van der Waals surface area contributed by atoms with Gasteiger partial charge in [-0.25, -0.2) is 0 Å². The first kappa shape index (κ1) is 9.98. The summed E-state index contributed by atoms with van der Waals surface area (Å²) in [7, 11) is 0. The third kappa shape index (κ3) is 2.20. The summed E-state index contributed by atoms with van der Waals surface area (Å²) in [5, 5.41) is 9.38. The molecule has 1 N–H and O–H groups in total. The molecule has 0 amide bonds. The van der Waals surface area contributed by atoms with Gasteiger partial charge in [-0.15, -0.1) is 0 Å². The Morgan fingerprint density at radius 1 is 1.58 bits per heavy atom. The van der Waals surface area contributed by atoms with E-state index < -0.39 is 11.8 Å². The van der Waals surface area contributed by atoms with Gasteiger partial charge in [-0.2, -0.15) is 11.8 Å². The molecule has 1 aliphatic heterocycles. The van der Waals surface area contributed by atoms with Crippen LogP contribution in [0.2, 0.25) is 0 Å². The third-order valence-electron chi connectivity index (χ3n) is 1.56. The zero-order valence-electron chi connectivity index (χ0n) is 6.91. The lowest BCUT2D eigenvalue weighted by Gasteiger charge is -2.17. The predicted molar refractivity (Wildman–Crippen MR) is 44.9 cm³/mol. The molecule has 0 radical (unpaired) electrons. The fourth-order valence-electron chi connectivity index (χ4n) is 0.915. The summed E-state index contributed by atoms with van der Waals surface area (Å²) in [5.41, 5.74) is 0. The lowest BCUT2D eigenvalue weighted by atomic mass is 10.3. The van der Waals surface area contributed by atoms with Crippen LogP contribution in [-0.4, -0.2) is 42.1 Å². The molecule has 0 aromatic carbocycles. The van der Waals surface area contributed by atoms with Crippen molar-refractivity contribution in [2.45, 2.75) is 12.4 Å². The van der Waals surface area contributed by atoms with Crippen LogP contribution in [0.5, 0.6) is 0 Å². The molecule has 1 heterocycles. The molecule has 0 saturated carbocycles. The highest BCUT2D eigenvalue weighted by atomic mass is 32.2. The normalized spacial score (nSPS) is 21.2. The Morgan fingerprint density at radius 2 is 2.17 bits per heavy atom. The summed E-state index contributed by atoms with van der Waals surface area (Å²) in [6.45, 7) is 0.559. The second-order valence-corrected chi connectivity index (χ2v) is 3.43. The topological polar surface area (TPSA) is 55.8 Å². The monoisotopic (exact) mass is 192 g/mol. The van der Waals surface area contributed by atoms with Crippen molar-refractivity contribution in [2.75, 3.05) is 25.2 Å². The van der Waals surface area contributed by atoms with Gasteiger partial charge in [0.1, 0.15) is 0 Å². The molecule has 0 atom stereocenters. The molecular weight excluding hydrogens is 180 g/mol. The fourth-order valence-corrected chi connectivity index (χ4v) is 1.30. The first-order valence-corrected chi connectivity index (χ1v) is 5.11. The summed E-state index contributed by atoms with van der Waals surface area (Å²) < 4.78 is 9.55. The molecule has 1 fully saturated rings. The van der Waals surface area contributed by atoms with Gasteiger partial charge in [0.05, 0.1) is 13.2 Å². The SMILES string of the molecule is CSCCC(=O)C1(O)OCCO1. The number of ether oxygens (including phenoxy) is 2. The maximum absolute atomic E-state index is 11.2.